The lowest BCUT2D eigenvalue weighted by Gasteiger charge is -2.36. The van der Waals surface area contributed by atoms with E-state index in [0.29, 0.717) is 11.7 Å². The highest BCUT2D eigenvalue weighted by Gasteiger charge is 2.23. The van der Waals surface area contributed by atoms with Gasteiger partial charge in [0.25, 0.3) is 0 Å². The summed E-state index contributed by atoms with van der Waals surface area (Å²) in [6.45, 7) is 14.5. The van der Waals surface area contributed by atoms with E-state index < -0.39 is 0 Å². The van der Waals surface area contributed by atoms with Gasteiger partial charge in [0.1, 0.15) is 11.6 Å². The summed E-state index contributed by atoms with van der Waals surface area (Å²) in [4.78, 5) is 16.8. The Morgan fingerprint density at radius 2 is 1.46 bits per heavy atom. The number of nitrogen functional groups attached to an aromatic ring is 1. The second-order valence-corrected chi connectivity index (χ2v) is 12.9. The number of hydrogen-bond acceptors (Lipinski definition) is 10. The maximum atomic E-state index is 6.21. The number of ether oxygens (including phenoxy) is 1. The van der Waals surface area contributed by atoms with Gasteiger partial charge in [-0.3, -0.25) is 9.80 Å². The Hall–Kier alpha value is -1.72. The molecule has 2 aliphatic heterocycles. The monoisotopic (exact) mass is 571 g/mol. The molecule has 0 spiro atoms. The van der Waals surface area contributed by atoms with E-state index in [9.17, 15) is 0 Å². The summed E-state index contributed by atoms with van der Waals surface area (Å²) < 4.78 is 5.47. The van der Waals surface area contributed by atoms with E-state index in [1.54, 1.807) is 0 Å². The Morgan fingerprint density at radius 1 is 0.780 bits per heavy atom. The van der Waals surface area contributed by atoms with Gasteiger partial charge in [-0.2, -0.15) is 9.97 Å². The maximum absolute atomic E-state index is 6.21. The molecule has 10 nitrogen and oxygen atoms in total. The smallest absolute Gasteiger partial charge is 0.229 e. The Bertz CT molecular complexity index is 861. The molecule has 5 rings (SSSR count). The van der Waals surface area contributed by atoms with E-state index in [1.807, 2.05) is 6.07 Å². The van der Waals surface area contributed by atoms with Crippen LogP contribution in [0.15, 0.2) is 6.07 Å². The van der Waals surface area contributed by atoms with E-state index in [-0.39, 0.29) is 0 Å². The molecule has 4 aliphatic rings. The van der Waals surface area contributed by atoms with Gasteiger partial charge in [-0.15, -0.1) is 0 Å². The second kappa shape index (κ2) is 16.8. The van der Waals surface area contributed by atoms with Crippen molar-refractivity contribution in [3.05, 3.63) is 6.07 Å². The van der Waals surface area contributed by atoms with Gasteiger partial charge in [-0.05, 0) is 76.4 Å². The van der Waals surface area contributed by atoms with Crippen LogP contribution in [0, 0.1) is 11.8 Å². The lowest BCUT2D eigenvalue weighted by molar-refractivity contribution is 0.0331. The summed E-state index contributed by atoms with van der Waals surface area (Å²) in [7, 11) is 0. The molecule has 2 saturated carbocycles. The zero-order valence-corrected chi connectivity index (χ0v) is 25.5. The lowest BCUT2D eigenvalue weighted by Crippen LogP contribution is -2.50. The highest BCUT2D eigenvalue weighted by atomic mass is 16.5. The van der Waals surface area contributed by atoms with E-state index in [0.717, 1.165) is 109 Å². The third-order valence-corrected chi connectivity index (χ3v) is 9.77. The van der Waals surface area contributed by atoms with Gasteiger partial charge >= 0.3 is 0 Å². The van der Waals surface area contributed by atoms with Crippen LogP contribution in [0.2, 0.25) is 0 Å². The summed E-state index contributed by atoms with van der Waals surface area (Å²) in [5.74, 6) is 3.72. The molecule has 3 heterocycles. The predicted octanol–water partition coefficient (Wildman–Crippen LogP) is 2.63. The molecule has 5 N–H and O–H groups in total. The van der Waals surface area contributed by atoms with E-state index in [2.05, 4.69) is 35.6 Å². The first-order valence-electron chi connectivity index (χ1n) is 16.8. The number of anilines is 3. The maximum Gasteiger partial charge on any atom is 0.229 e. The van der Waals surface area contributed by atoms with Crippen LogP contribution >= 0.6 is 0 Å². The molecule has 1 aromatic rings. The van der Waals surface area contributed by atoms with Crippen molar-refractivity contribution in [2.75, 3.05) is 108 Å². The molecule has 0 bridgehead atoms. The predicted molar refractivity (Wildman–Crippen MR) is 169 cm³/mol. The first kappa shape index (κ1) is 30.7. The minimum Gasteiger partial charge on any atom is -0.383 e. The van der Waals surface area contributed by atoms with Gasteiger partial charge in [-0.1, -0.05) is 19.3 Å². The fraction of sp³-hybridized carbons (Fsp3) is 0.871. The molecule has 0 atom stereocenters. The molecule has 4 fully saturated rings. The van der Waals surface area contributed by atoms with Gasteiger partial charge in [0.05, 0.1) is 13.2 Å². The van der Waals surface area contributed by atoms with E-state index >= 15 is 0 Å². The van der Waals surface area contributed by atoms with Gasteiger partial charge in [0.15, 0.2) is 0 Å². The third-order valence-electron chi connectivity index (χ3n) is 9.77. The average molecular weight is 572 g/mol. The molecule has 0 aromatic carbocycles. The number of piperazine rings is 1. The number of nitrogens with zero attached hydrogens (tertiary/aromatic N) is 5. The number of hydrogen-bond donors (Lipinski definition) is 4. The molecular weight excluding hydrogens is 514 g/mol. The van der Waals surface area contributed by atoms with Crippen LogP contribution in [0.25, 0.3) is 0 Å². The molecular formula is C31H57N9O. The molecule has 2 aliphatic carbocycles. The second-order valence-electron chi connectivity index (χ2n) is 12.9. The van der Waals surface area contributed by atoms with E-state index in [1.165, 1.54) is 70.8 Å². The van der Waals surface area contributed by atoms with Crippen molar-refractivity contribution < 1.29 is 4.74 Å². The van der Waals surface area contributed by atoms with Gasteiger partial charge in [0, 0.05) is 71.0 Å². The largest absolute Gasteiger partial charge is 0.383 e. The number of morpholine rings is 1. The summed E-state index contributed by atoms with van der Waals surface area (Å²) in [6, 6.07) is 2.67. The van der Waals surface area contributed by atoms with Crippen LogP contribution in [0.4, 0.5) is 17.6 Å². The summed E-state index contributed by atoms with van der Waals surface area (Å²) in [6.07, 6.45) is 13.5. The molecule has 0 unspecified atom stereocenters. The molecule has 10 heteroatoms. The van der Waals surface area contributed by atoms with Crippen molar-refractivity contribution in [2.45, 2.75) is 70.3 Å². The Morgan fingerprint density at radius 3 is 2.20 bits per heavy atom. The highest BCUT2D eigenvalue weighted by molar-refractivity contribution is 5.51. The first-order chi connectivity index (χ1) is 20.2. The Kier molecular flexibility index (Phi) is 12.6. The van der Waals surface area contributed by atoms with Crippen molar-refractivity contribution in [1.29, 1.82) is 0 Å². The minimum absolute atomic E-state index is 0.552. The van der Waals surface area contributed by atoms with Crippen LogP contribution in [0.1, 0.15) is 64.2 Å². The Balaban J connectivity index is 0.939. The van der Waals surface area contributed by atoms with Gasteiger partial charge in [0.2, 0.25) is 5.95 Å². The standard InChI is InChI=1S/C31H57N9O/c32-29-23-30(37-31(36-29)40-17-15-38(16-18-40)13-14-39-19-21-41-22-20-39)35-25-27-9-7-26(8-10-27)24-33-11-4-12-34-28-5-2-1-3-6-28/h23,26-28,33-34H,1-22,24-25H2,(H3,32,35,36,37). The van der Waals surface area contributed by atoms with Crippen molar-refractivity contribution >= 4 is 17.6 Å². The van der Waals surface area contributed by atoms with Crippen molar-refractivity contribution in [3.63, 3.8) is 0 Å². The number of rotatable bonds is 14. The van der Waals surface area contributed by atoms with Gasteiger partial charge in [-0.25, -0.2) is 0 Å². The summed E-state index contributed by atoms with van der Waals surface area (Å²) >= 11 is 0. The fourth-order valence-electron chi connectivity index (χ4n) is 6.99. The molecule has 0 amide bonds. The van der Waals surface area contributed by atoms with Crippen LogP contribution in [-0.4, -0.2) is 118 Å². The topological polar surface area (TPSA) is 107 Å². The molecule has 1 aromatic heterocycles. The molecule has 0 radical (unpaired) electrons. The third kappa shape index (κ3) is 10.5. The van der Waals surface area contributed by atoms with Crippen LogP contribution < -0.4 is 26.6 Å². The normalized spacial score (nSPS) is 25.4. The van der Waals surface area contributed by atoms with Crippen LogP contribution in [0.5, 0.6) is 0 Å². The first-order valence-corrected chi connectivity index (χ1v) is 16.8. The number of aromatic nitrogens is 2. The number of nitrogens with two attached hydrogens (primary N) is 1. The van der Waals surface area contributed by atoms with Crippen LogP contribution in [-0.2, 0) is 4.74 Å². The van der Waals surface area contributed by atoms with Crippen LogP contribution in [0.3, 0.4) is 0 Å². The average Bonchev–Trinajstić information content (AvgIpc) is 3.02. The minimum atomic E-state index is 0.552. The Labute approximate surface area is 248 Å². The number of nitrogens with one attached hydrogen (secondary N) is 3. The van der Waals surface area contributed by atoms with Crippen molar-refractivity contribution in [1.82, 2.24) is 30.4 Å². The summed E-state index contributed by atoms with van der Waals surface area (Å²) in [5, 5.41) is 11.1. The highest BCUT2D eigenvalue weighted by Crippen LogP contribution is 2.29. The van der Waals surface area contributed by atoms with E-state index in [4.69, 9.17) is 15.5 Å². The molecule has 232 valence electrons. The quantitative estimate of drug-likeness (QED) is 0.249. The SMILES string of the molecule is Nc1cc(NCC2CCC(CNCCCNC3CCCCC3)CC2)nc(N2CCN(CCN3CCOCC3)CC2)n1. The fourth-order valence-corrected chi connectivity index (χ4v) is 6.99. The van der Waals surface area contributed by atoms with Crippen molar-refractivity contribution in [3.8, 4) is 0 Å². The zero-order valence-electron chi connectivity index (χ0n) is 25.5. The molecule has 2 saturated heterocycles. The lowest BCUT2D eigenvalue weighted by atomic mass is 9.82. The zero-order chi connectivity index (χ0) is 28.1. The molecule has 41 heavy (non-hydrogen) atoms. The van der Waals surface area contributed by atoms with Gasteiger partial charge < -0.3 is 31.3 Å². The van der Waals surface area contributed by atoms with Crippen molar-refractivity contribution in [2.24, 2.45) is 11.8 Å². The summed E-state index contributed by atoms with van der Waals surface area (Å²) in [5.41, 5.74) is 6.21.